The number of hydrazone groups is 1. The van der Waals surface area contributed by atoms with Gasteiger partial charge in [-0.2, -0.15) is 5.10 Å². The molecule has 4 heteroatoms. The van der Waals surface area contributed by atoms with Crippen molar-refractivity contribution >= 4 is 5.71 Å². The molecule has 0 amide bonds. The Bertz CT molecular complexity index is 1040. The third kappa shape index (κ3) is 2.65. The van der Waals surface area contributed by atoms with Gasteiger partial charge in [-0.1, -0.05) is 60.2 Å². The fraction of sp³-hybridized carbons (Fsp3) is 0.174. The minimum absolute atomic E-state index is 0.0927. The molecule has 4 nitrogen and oxygen atoms in total. The van der Waals surface area contributed by atoms with Crippen LogP contribution in [0.1, 0.15) is 40.9 Å². The molecule has 0 bridgehead atoms. The van der Waals surface area contributed by atoms with E-state index in [2.05, 4.69) is 31.2 Å². The molecule has 3 aromatic rings. The number of fused-ring (bicyclic) bond motifs is 3. The van der Waals surface area contributed by atoms with E-state index in [0.717, 1.165) is 34.6 Å². The summed E-state index contributed by atoms with van der Waals surface area (Å²) in [7, 11) is 0. The van der Waals surface area contributed by atoms with E-state index in [9.17, 15) is 5.11 Å². The van der Waals surface area contributed by atoms with E-state index in [-0.39, 0.29) is 18.0 Å². The number of para-hydroxylation sites is 2. The molecule has 2 aliphatic rings. The van der Waals surface area contributed by atoms with E-state index < -0.39 is 0 Å². The highest BCUT2D eigenvalue weighted by Crippen LogP contribution is 2.47. The van der Waals surface area contributed by atoms with E-state index in [0.29, 0.717) is 0 Å². The highest BCUT2D eigenvalue weighted by Gasteiger charge is 2.41. The average Bonchev–Trinajstić information content (AvgIpc) is 3.13. The van der Waals surface area contributed by atoms with E-state index in [4.69, 9.17) is 9.84 Å². The van der Waals surface area contributed by atoms with Crippen molar-refractivity contribution in [3.8, 4) is 11.5 Å². The van der Waals surface area contributed by atoms with Crippen molar-refractivity contribution in [2.75, 3.05) is 0 Å². The molecule has 0 unspecified atom stereocenters. The van der Waals surface area contributed by atoms with E-state index in [1.54, 1.807) is 6.07 Å². The zero-order chi connectivity index (χ0) is 18.4. The molecule has 1 N–H and O–H groups in total. The number of benzene rings is 3. The first-order chi connectivity index (χ1) is 13.2. The van der Waals surface area contributed by atoms with E-state index in [1.807, 2.05) is 47.5 Å². The van der Waals surface area contributed by atoms with Gasteiger partial charge in [0.15, 0.2) is 0 Å². The monoisotopic (exact) mass is 356 g/mol. The lowest BCUT2D eigenvalue weighted by molar-refractivity contribution is -0.0190. The van der Waals surface area contributed by atoms with Crippen LogP contribution in [0.3, 0.4) is 0 Å². The molecular weight excluding hydrogens is 336 g/mol. The third-order valence-electron chi connectivity index (χ3n) is 5.24. The molecule has 3 aromatic carbocycles. The van der Waals surface area contributed by atoms with Crippen LogP contribution in [0.15, 0.2) is 77.9 Å². The summed E-state index contributed by atoms with van der Waals surface area (Å²) in [6.45, 7) is 2.08. The van der Waals surface area contributed by atoms with Gasteiger partial charge in [0.2, 0.25) is 6.23 Å². The molecular formula is C23H20N2O2. The van der Waals surface area contributed by atoms with Crippen molar-refractivity contribution in [1.29, 1.82) is 0 Å². The van der Waals surface area contributed by atoms with Gasteiger partial charge in [-0.05, 0) is 25.1 Å². The number of hydrogen-bond acceptors (Lipinski definition) is 4. The normalized spacial score (nSPS) is 20.5. The van der Waals surface area contributed by atoms with Crippen molar-refractivity contribution in [1.82, 2.24) is 5.01 Å². The number of rotatable bonds is 2. The second kappa shape index (κ2) is 6.16. The summed E-state index contributed by atoms with van der Waals surface area (Å²) < 4.78 is 6.36. The second-order valence-corrected chi connectivity index (χ2v) is 7.09. The van der Waals surface area contributed by atoms with Crippen LogP contribution in [0.4, 0.5) is 0 Å². The number of phenolic OH excluding ortho intramolecular Hbond substituents is 1. The lowest BCUT2D eigenvalue weighted by Crippen LogP contribution is -2.33. The topological polar surface area (TPSA) is 45.1 Å². The van der Waals surface area contributed by atoms with Gasteiger partial charge < -0.3 is 9.84 Å². The zero-order valence-corrected chi connectivity index (χ0v) is 15.0. The van der Waals surface area contributed by atoms with Crippen molar-refractivity contribution in [2.45, 2.75) is 25.6 Å². The summed E-state index contributed by atoms with van der Waals surface area (Å²) in [4.78, 5) is 0. The highest BCUT2D eigenvalue weighted by molar-refractivity contribution is 6.04. The summed E-state index contributed by atoms with van der Waals surface area (Å²) >= 11 is 0. The standard InChI is InChI=1S/C23H20N2O2/c1-15-7-6-8-16(13-15)23-25-20(18-10-3-5-12-22(18)27-23)14-19(24-25)17-9-2-4-11-21(17)26/h2-13,20,23,26H,14H2,1H3/t20-,23+/m0/s1. The first-order valence-corrected chi connectivity index (χ1v) is 9.17. The number of hydrogen-bond donors (Lipinski definition) is 1. The molecule has 0 aliphatic carbocycles. The van der Waals surface area contributed by atoms with Gasteiger partial charge >= 0.3 is 0 Å². The lowest BCUT2D eigenvalue weighted by Gasteiger charge is -2.38. The van der Waals surface area contributed by atoms with Crippen LogP contribution in [-0.2, 0) is 0 Å². The van der Waals surface area contributed by atoms with Crippen LogP contribution in [0, 0.1) is 6.92 Å². The Hall–Kier alpha value is -3.27. The summed E-state index contributed by atoms with van der Waals surface area (Å²) in [6.07, 6.45) is 0.452. The molecule has 0 radical (unpaired) electrons. The zero-order valence-electron chi connectivity index (χ0n) is 15.0. The molecule has 2 atom stereocenters. The van der Waals surface area contributed by atoms with E-state index in [1.165, 1.54) is 5.56 Å². The molecule has 2 aliphatic heterocycles. The smallest absolute Gasteiger partial charge is 0.213 e. The number of phenols is 1. The van der Waals surface area contributed by atoms with Crippen LogP contribution >= 0.6 is 0 Å². The van der Waals surface area contributed by atoms with Crippen LogP contribution in [0.5, 0.6) is 11.5 Å². The number of nitrogens with zero attached hydrogens (tertiary/aromatic N) is 2. The van der Waals surface area contributed by atoms with Gasteiger partial charge in [0.1, 0.15) is 11.5 Å². The molecule has 0 aromatic heterocycles. The number of aromatic hydroxyl groups is 1. The quantitative estimate of drug-likeness (QED) is 0.707. The summed E-state index contributed by atoms with van der Waals surface area (Å²) in [5.41, 5.74) is 5.08. The second-order valence-electron chi connectivity index (χ2n) is 7.09. The van der Waals surface area contributed by atoms with Gasteiger partial charge in [-0.15, -0.1) is 0 Å². The Balaban J connectivity index is 1.62. The average molecular weight is 356 g/mol. The molecule has 0 saturated heterocycles. The first-order valence-electron chi connectivity index (χ1n) is 9.17. The van der Waals surface area contributed by atoms with Gasteiger partial charge in [-0.25, -0.2) is 5.01 Å². The lowest BCUT2D eigenvalue weighted by atomic mass is 9.95. The minimum atomic E-state index is -0.284. The summed E-state index contributed by atoms with van der Waals surface area (Å²) in [5.74, 6) is 1.16. The van der Waals surface area contributed by atoms with Crippen LogP contribution in [-0.4, -0.2) is 15.8 Å². The molecule has 0 saturated carbocycles. The van der Waals surface area contributed by atoms with Crippen LogP contribution in [0.2, 0.25) is 0 Å². The van der Waals surface area contributed by atoms with Crippen LogP contribution in [0.25, 0.3) is 0 Å². The van der Waals surface area contributed by atoms with Crippen molar-refractivity contribution in [3.05, 3.63) is 95.1 Å². The van der Waals surface area contributed by atoms with Crippen LogP contribution < -0.4 is 4.74 Å². The Morgan fingerprint density at radius 1 is 1.00 bits per heavy atom. The largest absolute Gasteiger partial charge is 0.507 e. The van der Waals surface area contributed by atoms with Gasteiger partial charge in [0.05, 0.1) is 11.8 Å². The number of ether oxygens (including phenoxy) is 1. The fourth-order valence-electron chi connectivity index (χ4n) is 3.96. The van der Waals surface area contributed by atoms with E-state index >= 15 is 0 Å². The molecule has 5 rings (SSSR count). The molecule has 0 spiro atoms. The Labute approximate surface area is 158 Å². The predicted molar refractivity (Wildman–Crippen MR) is 105 cm³/mol. The highest BCUT2D eigenvalue weighted by atomic mass is 16.5. The molecule has 27 heavy (non-hydrogen) atoms. The summed E-state index contributed by atoms with van der Waals surface area (Å²) in [5, 5.41) is 17.2. The Morgan fingerprint density at radius 3 is 2.67 bits per heavy atom. The number of aryl methyl sites for hydroxylation is 1. The predicted octanol–water partition coefficient (Wildman–Crippen LogP) is 4.94. The fourth-order valence-corrected chi connectivity index (χ4v) is 3.96. The minimum Gasteiger partial charge on any atom is -0.507 e. The summed E-state index contributed by atoms with van der Waals surface area (Å²) in [6, 6.07) is 24.0. The third-order valence-corrected chi connectivity index (χ3v) is 5.24. The Morgan fingerprint density at radius 2 is 1.81 bits per heavy atom. The Kier molecular flexibility index (Phi) is 3.64. The molecule has 134 valence electrons. The molecule has 0 fully saturated rings. The van der Waals surface area contributed by atoms with Crippen molar-refractivity contribution < 1.29 is 9.84 Å². The maximum absolute atomic E-state index is 10.3. The SMILES string of the molecule is Cc1cccc([C@H]2Oc3ccccc3[C@@H]3CC(c4ccccc4O)=NN23)c1. The molecule has 2 heterocycles. The van der Waals surface area contributed by atoms with Crippen molar-refractivity contribution in [3.63, 3.8) is 0 Å². The first kappa shape index (κ1) is 15.9. The van der Waals surface area contributed by atoms with Crippen molar-refractivity contribution in [2.24, 2.45) is 5.10 Å². The van der Waals surface area contributed by atoms with Gasteiger partial charge in [-0.3, -0.25) is 0 Å². The van der Waals surface area contributed by atoms with Gasteiger partial charge in [0.25, 0.3) is 0 Å². The maximum Gasteiger partial charge on any atom is 0.213 e. The van der Waals surface area contributed by atoms with Gasteiger partial charge in [0, 0.05) is 23.1 Å². The maximum atomic E-state index is 10.3.